The van der Waals surface area contributed by atoms with Crippen molar-refractivity contribution in [3.05, 3.63) is 17.7 Å². The number of carbonyl (C=O) groups excluding carboxylic acids is 1. The second kappa shape index (κ2) is 7.45. The molecular weight excluding hydrogens is 252 g/mol. The van der Waals surface area contributed by atoms with Crippen LogP contribution in [-0.4, -0.2) is 26.8 Å². The van der Waals surface area contributed by atoms with E-state index in [9.17, 15) is 4.79 Å². The number of hydrogen-bond acceptors (Lipinski definition) is 7. The van der Waals surface area contributed by atoms with E-state index in [1.54, 1.807) is 0 Å². The zero-order chi connectivity index (χ0) is 14.3. The first kappa shape index (κ1) is 15.1. The molecule has 0 fully saturated rings. The van der Waals surface area contributed by atoms with Gasteiger partial charge in [0.1, 0.15) is 0 Å². The van der Waals surface area contributed by atoms with Crippen LogP contribution in [-0.2, 0) is 9.63 Å². The second-order valence-electron chi connectivity index (χ2n) is 3.69. The maximum Gasteiger partial charge on any atom is 0.329 e. The second-order valence-corrected chi connectivity index (χ2v) is 3.69. The molecule has 106 valence electrons. The molecule has 1 aromatic rings. The van der Waals surface area contributed by atoms with Gasteiger partial charge in [-0.15, -0.1) is 0 Å². The zero-order valence-electron chi connectivity index (χ0n) is 11.2. The Kier molecular flexibility index (Phi) is 5.91. The summed E-state index contributed by atoms with van der Waals surface area (Å²) in [5.41, 5.74) is 2.79. The minimum atomic E-state index is -0.521. The number of methoxy groups -OCH3 is 2. The van der Waals surface area contributed by atoms with E-state index < -0.39 is 5.97 Å². The molecule has 0 saturated carbocycles. The molecule has 0 atom stereocenters. The molecule has 0 amide bonds. The Morgan fingerprint density at radius 1 is 1.26 bits per heavy atom. The number of rotatable bonds is 7. The number of nitrogens with two attached hydrogens (primary N) is 1. The highest BCUT2D eigenvalue weighted by atomic mass is 16.7. The summed E-state index contributed by atoms with van der Waals surface area (Å²) in [5.74, 6) is 5.86. The third kappa shape index (κ3) is 4.31. The molecule has 3 N–H and O–H groups in total. The molecular formula is C12H18N2O5. The smallest absolute Gasteiger partial charge is 0.329 e. The molecule has 0 heterocycles. The van der Waals surface area contributed by atoms with E-state index in [1.165, 1.54) is 14.2 Å². The summed E-state index contributed by atoms with van der Waals surface area (Å²) in [7, 11) is 3.07. The SMILES string of the molecule is COc1cc(C)cc(OC)c1OCCC(=O)ONN. The molecule has 19 heavy (non-hydrogen) atoms. The van der Waals surface area contributed by atoms with Crippen LogP contribution in [0.3, 0.4) is 0 Å². The summed E-state index contributed by atoms with van der Waals surface area (Å²) in [4.78, 5) is 15.4. The van der Waals surface area contributed by atoms with Crippen molar-refractivity contribution in [3.8, 4) is 17.2 Å². The van der Waals surface area contributed by atoms with Gasteiger partial charge in [0.05, 0.1) is 27.2 Å². The van der Waals surface area contributed by atoms with E-state index in [0.29, 0.717) is 17.2 Å². The number of aryl methyl sites for hydroxylation is 1. The minimum absolute atomic E-state index is 0.0460. The molecule has 1 rings (SSSR count). The quantitative estimate of drug-likeness (QED) is 0.556. The van der Waals surface area contributed by atoms with Gasteiger partial charge in [-0.2, -0.15) is 0 Å². The van der Waals surface area contributed by atoms with Gasteiger partial charge in [0.25, 0.3) is 0 Å². The van der Waals surface area contributed by atoms with Crippen molar-refractivity contribution in [1.29, 1.82) is 0 Å². The molecule has 0 saturated heterocycles. The number of hydrogen-bond donors (Lipinski definition) is 2. The van der Waals surface area contributed by atoms with Crippen LogP contribution in [0.4, 0.5) is 0 Å². The molecule has 0 aliphatic rings. The Morgan fingerprint density at radius 3 is 2.32 bits per heavy atom. The summed E-state index contributed by atoms with van der Waals surface area (Å²) in [6.07, 6.45) is 0.0460. The number of benzene rings is 1. The first-order valence-corrected chi connectivity index (χ1v) is 5.63. The summed E-state index contributed by atoms with van der Waals surface area (Å²) >= 11 is 0. The number of carbonyl (C=O) groups is 1. The van der Waals surface area contributed by atoms with Crippen molar-refractivity contribution in [2.75, 3.05) is 20.8 Å². The van der Waals surface area contributed by atoms with Crippen LogP contribution in [0.25, 0.3) is 0 Å². The van der Waals surface area contributed by atoms with Crippen LogP contribution in [0.5, 0.6) is 17.2 Å². The minimum Gasteiger partial charge on any atom is -0.493 e. The topological polar surface area (TPSA) is 92.0 Å². The van der Waals surface area contributed by atoms with Crippen LogP contribution in [0.15, 0.2) is 12.1 Å². The molecule has 0 bridgehead atoms. The fourth-order valence-electron chi connectivity index (χ4n) is 1.51. The van der Waals surface area contributed by atoms with Crippen LogP contribution in [0, 0.1) is 6.92 Å². The molecule has 0 aromatic heterocycles. The van der Waals surface area contributed by atoms with Gasteiger partial charge in [-0.1, -0.05) is 5.59 Å². The average molecular weight is 270 g/mol. The molecule has 1 aromatic carbocycles. The van der Waals surface area contributed by atoms with Gasteiger partial charge in [0, 0.05) is 0 Å². The van der Waals surface area contributed by atoms with Crippen molar-refractivity contribution in [1.82, 2.24) is 5.59 Å². The highest BCUT2D eigenvalue weighted by Gasteiger charge is 2.13. The van der Waals surface area contributed by atoms with Gasteiger partial charge in [0.15, 0.2) is 11.5 Å². The van der Waals surface area contributed by atoms with Crippen molar-refractivity contribution in [3.63, 3.8) is 0 Å². The molecule has 0 aliphatic carbocycles. The van der Waals surface area contributed by atoms with Gasteiger partial charge < -0.3 is 19.0 Å². The van der Waals surface area contributed by atoms with E-state index in [4.69, 9.17) is 20.1 Å². The molecule has 7 heteroatoms. The third-order valence-corrected chi connectivity index (χ3v) is 2.33. The van der Waals surface area contributed by atoms with E-state index >= 15 is 0 Å². The van der Waals surface area contributed by atoms with Crippen molar-refractivity contribution < 1.29 is 23.8 Å². The first-order chi connectivity index (χ1) is 9.12. The summed E-state index contributed by atoms with van der Waals surface area (Å²) < 4.78 is 15.9. The lowest BCUT2D eigenvalue weighted by Crippen LogP contribution is -2.27. The standard InChI is InChI=1S/C12H18N2O5/c1-8-6-9(16-2)12(10(7-8)17-3)18-5-4-11(15)19-14-13/h6-7,14H,4-5,13H2,1-3H3. The molecule has 0 spiro atoms. The van der Waals surface area contributed by atoms with Gasteiger partial charge in [-0.3, -0.25) is 4.79 Å². The number of hydrazine groups is 1. The lowest BCUT2D eigenvalue weighted by molar-refractivity contribution is -0.151. The van der Waals surface area contributed by atoms with Gasteiger partial charge >= 0.3 is 5.97 Å². The van der Waals surface area contributed by atoms with Crippen molar-refractivity contribution in [2.45, 2.75) is 13.3 Å². The monoisotopic (exact) mass is 270 g/mol. The number of ether oxygens (including phenoxy) is 3. The van der Waals surface area contributed by atoms with Crippen molar-refractivity contribution >= 4 is 5.97 Å². The van der Waals surface area contributed by atoms with Crippen LogP contribution >= 0.6 is 0 Å². The average Bonchev–Trinajstić information content (AvgIpc) is 2.39. The summed E-state index contributed by atoms with van der Waals surface area (Å²) in [6, 6.07) is 3.63. The van der Waals surface area contributed by atoms with Crippen LogP contribution < -0.4 is 25.6 Å². The van der Waals surface area contributed by atoms with Gasteiger partial charge in [-0.05, 0) is 24.6 Å². The summed E-state index contributed by atoms with van der Waals surface area (Å²) in [6.45, 7) is 2.04. The lowest BCUT2D eigenvalue weighted by Gasteiger charge is -2.14. The number of nitrogens with one attached hydrogen (secondary N) is 1. The zero-order valence-corrected chi connectivity index (χ0v) is 11.2. The fraction of sp³-hybridized carbons (Fsp3) is 0.417. The lowest BCUT2D eigenvalue weighted by atomic mass is 10.2. The Labute approximate surface area is 111 Å². The van der Waals surface area contributed by atoms with Gasteiger partial charge in [-0.25, -0.2) is 5.84 Å². The molecule has 0 radical (unpaired) electrons. The highest BCUT2D eigenvalue weighted by Crippen LogP contribution is 2.38. The Hall–Kier alpha value is -1.99. The third-order valence-electron chi connectivity index (χ3n) is 2.33. The Balaban J connectivity index is 2.73. The van der Waals surface area contributed by atoms with E-state index in [0.717, 1.165) is 5.56 Å². The molecule has 0 unspecified atom stereocenters. The maximum absolute atomic E-state index is 11.1. The van der Waals surface area contributed by atoms with Crippen molar-refractivity contribution in [2.24, 2.45) is 5.84 Å². The van der Waals surface area contributed by atoms with Crippen LogP contribution in [0.2, 0.25) is 0 Å². The Morgan fingerprint density at radius 2 is 1.84 bits per heavy atom. The highest BCUT2D eigenvalue weighted by molar-refractivity contribution is 5.69. The predicted molar refractivity (Wildman–Crippen MR) is 67.8 cm³/mol. The Bertz CT molecular complexity index is 411. The van der Waals surface area contributed by atoms with E-state index in [2.05, 4.69) is 4.84 Å². The van der Waals surface area contributed by atoms with Gasteiger partial charge in [0.2, 0.25) is 5.75 Å². The molecule has 0 aliphatic heterocycles. The maximum atomic E-state index is 11.1. The van der Waals surface area contributed by atoms with E-state index in [-0.39, 0.29) is 13.0 Å². The fourth-order valence-corrected chi connectivity index (χ4v) is 1.51. The predicted octanol–water partition coefficient (Wildman–Crippen LogP) is 0.703. The van der Waals surface area contributed by atoms with E-state index in [1.807, 2.05) is 24.6 Å². The first-order valence-electron chi connectivity index (χ1n) is 5.63. The largest absolute Gasteiger partial charge is 0.493 e. The normalized spacial score (nSPS) is 9.89. The van der Waals surface area contributed by atoms with Crippen LogP contribution in [0.1, 0.15) is 12.0 Å². The summed E-state index contributed by atoms with van der Waals surface area (Å²) in [5, 5.41) is 0. The molecule has 7 nitrogen and oxygen atoms in total.